The van der Waals surface area contributed by atoms with Crippen molar-refractivity contribution in [1.29, 1.82) is 0 Å². The predicted molar refractivity (Wildman–Crippen MR) is 120 cm³/mol. The quantitative estimate of drug-likeness (QED) is 0.431. The van der Waals surface area contributed by atoms with E-state index in [1.807, 2.05) is 58.1 Å². The summed E-state index contributed by atoms with van der Waals surface area (Å²) in [6.07, 6.45) is 1.96. The van der Waals surface area contributed by atoms with Gasteiger partial charge in [-0.15, -0.1) is 21.5 Å². The van der Waals surface area contributed by atoms with Crippen LogP contribution < -0.4 is 4.80 Å². The molecule has 0 aliphatic heterocycles. The van der Waals surface area contributed by atoms with Crippen molar-refractivity contribution in [3.63, 3.8) is 0 Å². The molecule has 152 valence electrons. The van der Waals surface area contributed by atoms with E-state index in [0.717, 1.165) is 11.4 Å². The van der Waals surface area contributed by atoms with Crippen molar-refractivity contribution < 1.29 is 4.79 Å². The Labute approximate surface area is 183 Å². The molecule has 0 bridgehead atoms. The molecule has 0 unspecified atom stereocenters. The van der Waals surface area contributed by atoms with Crippen LogP contribution in [0.5, 0.6) is 0 Å². The second-order valence-electron chi connectivity index (χ2n) is 6.82. The van der Waals surface area contributed by atoms with E-state index in [0.29, 0.717) is 16.5 Å². The maximum Gasteiger partial charge on any atom is 0.258 e. The van der Waals surface area contributed by atoms with Crippen LogP contribution in [0, 0.1) is 6.92 Å². The van der Waals surface area contributed by atoms with Gasteiger partial charge in [0.05, 0.1) is 5.75 Å². The largest absolute Gasteiger partial charge is 0.319 e. The Bertz CT molecular complexity index is 1210. The predicted octanol–water partition coefficient (Wildman–Crippen LogP) is 3.92. The topological polar surface area (TPSA) is 65.1 Å². The molecule has 4 rings (SSSR count). The van der Waals surface area contributed by atoms with Gasteiger partial charge in [0.25, 0.3) is 5.91 Å². The number of thiazole rings is 1. The zero-order chi connectivity index (χ0) is 20.9. The zero-order valence-corrected chi connectivity index (χ0v) is 18.4. The smallest absolute Gasteiger partial charge is 0.258 e. The lowest BCUT2D eigenvalue weighted by molar-refractivity contribution is -0.115. The third kappa shape index (κ3) is 4.77. The number of benzene rings is 2. The third-order valence-corrected chi connectivity index (χ3v) is 6.34. The molecule has 4 aromatic rings. The summed E-state index contributed by atoms with van der Waals surface area (Å²) in [5.41, 5.74) is 3.39. The Morgan fingerprint density at radius 1 is 1.10 bits per heavy atom. The molecule has 0 spiro atoms. The molecule has 2 heterocycles. The van der Waals surface area contributed by atoms with Crippen LogP contribution in [0.15, 0.2) is 76.3 Å². The van der Waals surface area contributed by atoms with Crippen molar-refractivity contribution in [1.82, 2.24) is 19.3 Å². The standard InChI is InChI=1S/C22H21N5OS2/c1-16-8-10-17(11-9-16)14-27-12-13-29-21(27)23-19(28)15-30-22-25-24-20(26(22)2)18-6-4-3-5-7-18/h3-13H,14-15H2,1-2H3. The Morgan fingerprint density at radius 2 is 1.87 bits per heavy atom. The summed E-state index contributed by atoms with van der Waals surface area (Å²) < 4.78 is 3.89. The van der Waals surface area contributed by atoms with E-state index < -0.39 is 0 Å². The molecule has 0 aliphatic rings. The van der Waals surface area contributed by atoms with Crippen LogP contribution in [0.4, 0.5) is 0 Å². The summed E-state index contributed by atoms with van der Waals surface area (Å²) in [6.45, 7) is 2.76. The van der Waals surface area contributed by atoms with Crippen molar-refractivity contribution in [3.05, 3.63) is 82.1 Å². The van der Waals surface area contributed by atoms with E-state index in [1.54, 1.807) is 0 Å². The van der Waals surface area contributed by atoms with E-state index >= 15 is 0 Å². The Morgan fingerprint density at radius 3 is 2.63 bits per heavy atom. The van der Waals surface area contributed by atoms with Crippen molar-refractivity contribution >= 4 is 29.0 Å². The summed E-state index contributed by atoms with van der Waals surface area (Å²) in [5.74, 6) is 0.796. The third-order valence-electron chi connectivity index (χ3n) is 4.55. The second kappa shape index (κ2) is 9.23. The van der Waals surface area contributed by atoms with E-state index in [1.165, 1.54) is 34.2 Å². The van der Waals surface area contributed by atoms with Crippen molar-refractivity contribution in [2.24, 2.45) is 12.0 Å². The molecule has 8 heteroatoms. The van der Waals surface area contributed by atoms with Crippen LogP contribution >= 0.6 is 23.1 Å². The lowest BCUT2D eigenvalue weighted by Gasteiger charge is -2.04. The zero-order valence-electron chi connectivity index (χ0n) is 16.7. The fraction of sp³-hybridized carbons (Fsp3) is 0.182. The van der Waals surface area contributed by atoms with Gasteiger partial charge >= 0.3 is 0 Å². The first kappa shape index (κ1) is 20.3. The van der Waals surface area contributed by atoms with Crippen LogP contribution in [0.1, 0.15) is 11.1 Å². The Balaban J connectivity index is 1.43. The second-order valence-corrected chi connectivity index (χ2v) is 8.64. The molecule has 2 aromatic heterocycles. The molecule has 0 saturated heterocycles. The molecule has 6 nitrogen and oxygen atoms in total. The number of hydrogen-bond donors (Lipinski definition) is 0. The fourth-order valence-electron chi connectivity index (χ4n) is 2.94. The molecule has 0 aliphatic carbocycles. The van der Waals surface area contributed by atoms with Crippen molar-refractivity contribution in [3.8, 4) is 11.4 Å². The number of rotatable bonds is 6. The van der Waals surface area contributed by atoms with Crippen LogP contribution in [-0.4, -0.2) is 31.0 Å². The summed E-state index contributed by atoms with van der Waals surface area (Å²) in [4.78, 5) is 17.5. The summed E-state index contributed by atoms with van der Waals surface area (Å²) in [5, 5.41) is 11.1. The molecule has 0 N–H and O–H groups in total. The van der Waals surface area contributed by atoms with Gasteiger partial charge in [0.2, 0.25) is 0 Å². The SMILES string of the molecule is Cc1ccc(Cn2ccsc2=NC(=O)CSc2nnc(-c3ccccc3)n2C)cc1. The highest BCUT2D eigenvalue weighted by Crippen LogP contribution is 2.22. The van der Waals surface area contributed by atoms with Gasteiger partial charge in [-0.1, -0.05) is 71.9 Å². The van der Waals surface area contributed by atoms with Crippen LogP contribution in [0.2, 0.25) is 0 Å². The van der Waals surface area contributed by atoms with Gasteiger partial charge < -0.3 is 9.13 Å². The number of carbonyl (C=O) groups is 1. The van der Waals surface area contributed by atoms with E-state index in [-0.39, 0.29) is 11.7 Å². The Hall–Kier alpha value is -2.97. The number of carbonyl (C=O) groups excluding carboxylic acids is 1. The lowest BCUT2D eigenvalue weighted by Crippen LogP contribution is -2.17. The molecular weight excluding hydrogens is 414 g/mol. The number of amides is 1. The lowest BCUT2D eigenvalue weighted by atomic mass is 10.1. The molecule has 1 amide bonds. The number of hydrogen-bond acceptors (Lipinski definition) is 5. The first-order chi connectivity index (χ1) is 14.6. The fourth-order valence-corrected chi connectivity index (χ4v) is 4.38. The van der Waals surface area contributed by atoms with Crippen LogP contribution in [0.25, 0.3) is 11.4 Å². The average Bonchev–Trinajstić information content (AvgIpc) is 3.35. The van der Waals surface area contributed by atoms with Gasteiger partial charge in [0.1, 0.15) is 0 Å². The van der Waals surface area contributed by atoms with Crippen LogP contribution in [0.3, 0.4) is 0 Å². The molecule has 30 heavy (non-hydrogen) atoms. The normalized spacial score (nSPS) is 11.7. The van der Waals surface area contributed by atoms with E-state index in [2.05, 4.69) is 46.4 Å². The molecule has 0 radical (unpaired) electrons. The molecule has 0 fully saturated rings. The van der Waals surface area contributed by atoms with Gasteiger partial charge in [-0.3, -0.25) is 4.79 Å². The van der Waals surface area contributed by atoms with E-state index in [9.17, 15) is 4.79 Å². The Kier molecular flexibility index (Phi) is 6.25. The summed E-state index contributed by atoms with van der Waals surface area (Å²) in [6, 6.07) is 18.2. The van der Waals surface area contributed by atoms with Gasteiger partial charge in [0.15, 0.2) is 15.8 Å². The molecule has 0 saturated carbocycles. The highest BCUT2D eigenvalue weighted by molar-refractivity contribution is 7.99. The molecule has 2 aromatic carbocycles. The number of thioether (sulfide) groups is 1. The number of aryl methyl sites for hydroxylation is 1. The van der Waals surface area contributed by atoms with Gasteiger partial charge in [-0.05, 0) is 12.5 Å². The maximum atomic E-state index is 12.5. The van der Waals surface area contributed by atoms with E-state index in [4.69, 9.17) is 0 Å². The first-order valence-corrected chi connectivity index (χ1v) is 11.3. The summed E-state index contributed by atoms with van der Waals surface area (Å²) in [7, 11) is 1.90. The van der Waals surface area contributed by atoms with Gasteiger partial charge in [-0.2, -0.15) is 4.99 Å². The van der Waals surface area contributed by atoms with Gasteiger partial charge in [-0.25, -0.2) is 0 Å². The monoisotopic (exact) mass is 435 g/mol. The number of nitrogens with zero attached hydrogens (tertiary/aromatic N) is 5. The van der Waals surface area contributed by atoms with Crippen molar-refractivity contribution in [2.75, 3.05) is 5.75 Å². The minimum absolute atomic E-state index is 0.190. The van der Waals surface area contributed by atoms with Crippen LogP contribution in [-0.2, 0) is 18.4 Å². The minimum Gasteiger partial charge on any atom is -0.319 e. The first-order valence-electron chi connectivity index (χ1n) is 9.45. The number of aromatic nitrogens is 4. The molecular formula is C22H21N5OS2. The highest BCUT2D eigenvalue weighted by Gasteiger charge is 2.12. The van der Waals surface area contributed by atoms with Gasteiger partial charge in [0, 0.05) is 30.7 Å². The van der Waals surface area contributed by atoms with Crippen molar-refractivity contribution in [2.45, 2.75) is 18.6 Å². The maximum absolute atomic E-state index is 12.5. The summed E-state index contributed by atoms with van der Waals surface area (Å²) >= 11 is 2.80. The minimum atomic E-state index is -0.190. The molecule has 0 atom stereocenters. The highest BCUT2D eigenvalue weighted by atomic mass is 32.2. The average molecular weight is 436 g/mol.